The maximum atomic E-state index is 5.66. The largest absolute Gasteiger partial charge is 0.371 e. The Morgan fingerprint density at radius 3 is 2.65 bits per heavy atom. The lowest BCUT2D eigenvalue weighted by molar-refractivity contribution is 0.0596. The van der Waals surface area contributed by atoms with E-state index in [9.17, 15) is 0 Å². The van der Waals surface area contributed by atoms with Crippen LogP contribution < -0.4 is 5.32 Å². The van der Waals surface area contributed by atoms with E-state index in [1.165, 1.54) is 4.88 Å². The van der Waals surface area contributed by atoms with Crippen molar-refractivity contribution in [2.75, 3.05) is 6.61 Å². The van der Waals surface area contributed by atoms with E-state index in [2.05, 4.69) is 38.0 Å². The average Bonchev–Trinajstić information content (AvgIpc) is 2.70. The molecule has 0 saturated heterocycles. The van der Waals surface area contributed by atoms with Crippen LogP contribution in [0.2, 0.25) is 0 Å². The Labute approximate surface area is 109 Å². The summed E-state index contributed by atoms with van der Waals surface area (Å²) in [6.07, 6.45) is 3.10. The lowest BCUT2D eigenvalue weighted by atomic mass is 10.1. The fourth-order valence-electron chi connectivity index (χ4n) is 1.47. The van der Waals surface area contributed by atoms with Crippen LogP contribution in [0.25, 0.3) is 0 Å². The molecular formula is C13H24N2OS. The second-order valence-corrected chi connectivity index (χ2v) is 6.27. The summed E-state index contributed by atoms with van der Waals surface area (Å²) in [6, 6.07) is 0. The first-order valence-electron chi connectivity index (χ1n) is 6.27. The van der Waals surface area contributed by atoms with Gasteiger partial charge in [0, 0.05) is 29.8 Å². The zero-order valence-corrected chi connectivity index (χ0v) is 12.4. The molecule has 0 spiro atoms. The molecule has 0 fully saturated rings. The van der Waals surface area contributed by atoms with Gasteiger partial charge in [0.1, 0.15) is 11.1 Å². The number of thiazole rings is 1. The molecule has 0 radical (unpaired) electrons. The molecule has 1 heterocycles. The van der Waals surface area contributed by atoms with Gasteiger partial charge in [-0.25, -0.2) is 4.98 Å². The van der Waals surface area contributed by atoms with Crippen molar-refractivity contribution in [3.63, 3.8) is 0 Å². The van der Waals surface area contributed by atoms with E-state index < -0.39 is 0 Å². The Hall–Kier alpha value is -0.450. The molecule has 0 saturated carbocycles. The van der Waals surface area contributed by atoms with Crippen molar-refractivity contribution in [2.24, 2.45) is 0 Å². The summed E-state index contributed by atoms with van der Waals surface area (Å²) in [6.45, 7) is 12.3. The van der Waals surface area contributed by atoms with Gasteiger partial charge in [0.25, 0.3) is 0 Å². The zero-order valence-electron chi connectivity index (χ0n) is 11.5. The summed E-state index contributed by atoms with van der Waals surface area (Å²) >= 11 is 1.75. The van der Waals surface area contributed by atoms with E-state index in [0.29, 0.717) is 0 Å². The van der Waals surface area contributed by atoms with Gasteiger partial charge in [0.2, 0.25) is 0 Å². The third-order valence-electron chi connectivity index (χ3n) is 2.38. The predicted octanol–water partition coefficient (Wildman–Crippen LogP) is 3.52. The standard InChI is InChI=1S/C13H24N2OS/c1-6-11(16-7-2)12-14-8-10(17-12)9-15-13(3,4)5/h8,11,15H,6-7,9H2,1-5H3. The summed E-state index contributed by atoms with van der Waals surface area (Å²) in [7, 11) is 0. The van der Waals surface area contributed by atoms with Gasteiger partial charge in [-0.15, -0.1) is 11.3 Å². The van der Waals surface area contributed by atoms with Gasteiger partial charge < -0.3 is 10.1 Å². The monoisotopic (exact) mass is 256 g/mol. The van der Waals surface area contributed by atoms with Crippen molar-refractivity contribution < 1.29 is 4.74 Å². The first kappa shape index (κ1) is 14.6. The highest BCUT2D eigenvalue weighted by Gasteiger charge is 2.15. The number of rotatable bonds is 6. The number of hydrogen-bond donors (Lipinski definition) is 1. The fourth-order valence-corrected chi connectivity index (χ4v) is 2.46. The van der Waals surface area contributed by atoms with Crippen molar-refractivity contribution in [2.45, 2.75) is 59.2 Å². The number of ether oxygens (including phenoxy) is 1. The third-order valence-corrected chi connectivity index (χ3v) is 3.47. The molecule has 1 rings (SSSR count). The molecule has 3 nitrogen and oxygen atoms in total. The number of hydrogen-bond acceptors (Lipinski definition) is 4. The average molecular weight is 256 g/mol. The lowest BCUT2D eigenvalue weighted by Crippen LogP contribution is -2.34. The van der Waals surface area contributed by atoms with Crippen LogP contribution in [-0.4, -0.2) is 17.1 Å². The molecule has 4 heteroatoms. The van der Waals surface area contributed by atoms with Gasteiger partial charge in [-0.1, -0.05) is 6.92 Å². The van der Waals surface area contributed by atoms with Crippen LogP contribution in [0.4, 0.5) is 0 Å². The molecule has 1 aromatic heterocycles. The predicted molar refractivity (Wildman–Crippen MR) is 73.4 cm³/mol. The summed E-state index contributed by atoms with van der Waals surface area (Å²) < 4.78 is 5.66. The molecule has 1 atom stereocenters. The molecule has 0 aromatic carbocycles. The van der Waals surface area contributed by atoms with E-state index in [1.807, 2.05) is 13.1 Å². The Morgan fingerprint density at radius 1 is 1.41 bits per heavy atom. The highest BCUT2D eigenvalue weighted by molar-refractivity contribution is 7.11. The smallest absolute Gasteiger partial charge is 0.122 e. The second-order valence-electron chi connectivity index (χ2n) is 5.12. The summed E-state index contributed by atoms with van der Waals surface area (Å²) in [5.41, 5.74) is 0.147. The molecule has 0 aliphatic carbocycles. The maximum absolute atomic E-state index is 5.66. The second kappa shape index (κ2) is 6.47. The number of aromatic nitrogens is 1. The zero-order chi connectivity index (χ0) is 12.9. The highest BCUT2D eigenvalue weighted by Crippen LogP contribution is 2.25. The van der Waals surface area contributed by atoms with E-state index in [4.69, 9.17) is 4.74 Å². The highest BCUT2D eigenvalue weighted by atomic mass is 32.1. The van der Waals surface area contributed by atoms with Crippen LogP contribution in [0.5, 0.6) is 0 Å². The van der Waals surface area contributed by atoms with Gasteiger partial charge in [0.15, 0.2) is 0 Å². The Morgan fingerprint density at radius 2 is 2.12 bits per heavy atom. The molecule has 1 N–H and O–H groups in total. The van der Waals surface area contributed by atoms with Crippen LogP contribution in [0, 0.1) is 0 Å². The Kier molecular flexibility index (Phi) is 5.56. The summed E-state index contributed by atoms with van der Waals surface area (Å²) in [4.78, 5) is 5.73. The quantitative estimate of drug-likeness (QED) is 0.845. The van der Waals surface area contributed by atoms with Gasteiger partial charge >= 0.3 is 0 Å². The molecule has 0 aliphatic rings. The van der Waals surface area contributed by atoms with Gasteiger partial charge in [-0.05, 0) is 34.1 Å². The topological polar surface area (TPSA) is 34.1 Å². The number of nitrogens with zero attached hydrogens (tertiary/aromatic N) is 1. The number of nitrogens with one attached hydrogen (secondary N) is 1. The molecular weight excluding hydrogens is 232 g/mol. The van der Waals surface area contributed by atoms with Crippen molar-refractivity contribution in [1.82, 2.24) is 10.3 Å². The van der Waals surface area contributed by atoms with Crippen LogP contribution >= 0.6 is 11.3 Å². The lowest BCUT2D eigenvalue weighted by Gasteiger charge is -2.19. The van der Waals surface area contributed by atoms with Crippen LogP contribution in [0.3, 0.4) is 0 Å². The van der Waals surface area contributed by atoms with Crippen LogP contribution in [0.15, 0.2) is 6.20 Å². The minimum absolute atomic E-state index is 0.147. The van der Waals surface area contributed by atoms with Crippen molar-refractivity contribution in [3.05, 3.63) is 16.1 Å². The van der Waals surface area contributed by atoms with E-state index >= 15 is 0 Å². The van der Waals surface area contributed by atoms with Crippen molar-refractivity contribution in [1.29, 1.82) is 0 Å². The maximum Gasteiger partial charge on any atom is 0.122 e. The Bertz CT molecular complexity index is 330. The molecule has 1 aromatic rings. The molecule has 0 bridgehead atoms. The molecule has 0 amide bonds. The minimum atomic E-state index is 0.147. The molecule has 98 valence electrons. The summed E-state index contributed by atoms with van der Waals surface area (Å²) in [5.74, 6) is 0. The minimum Gasteiger partial charge on any atom is -0.371 e. The fraction of sp³-hybridized carbons (Fsp3) is 0.769. The van der Waals surface area contributed by atoms with E-state index in [0.717, 1.165) is 24.6 Å². The van der Waals surface area contributed by atoms with Gasteiger partial charge in [-0.3, -0.25) is 0 Å². The first-order valence-corrected chi connectivity index (χ1v) is 7.09. The Balaban J connectivity index is 2.58. The normalized spacial score (nSPS) is 13.9. The summed E-state index contributed by atoms with van der Waals surface area (Å²) in [5, 5.41) is 4.57. The molecule has 1 unspecified atom stereocenters. The third kappa shape index (κ3) is 5.15. The first-order chi connectivity index (χ1) is 7.96. The van der Waals surface area contributed by atoms with Crippen molar-refractivity contribution >= 4 is 11.3 Å². The molecule has 17 heavy (non-hydrogen) atoms. The SMILES string of the molecule is CCOC(CC)c1ncc(CNC(C)(C)C)s1. The van der Waals surface area contributed by atoms with E-state index in [1.54, 1.807) is 11.3 Å². The van der Waals surface area contributed by atoms with Gasteiger partial charge in [0.05, 0.1) is 0 Å². The van der Waals surface area contributed by atoms with Crippen molar-refractivity contribution in [3.8, 4) is 0 Å². The van der Waals surface area contributed by atoms with Crippen LogP contribution in [0.1, 0.15) is 57.0 Å². The van der Waals surface area contributed by atoms with E-state index in [-0.39, 0.29) is 11.6 Å². The van der Waals surface area contributed by atoms with Crippen LogP contribution in [-0.2, 0) is 11.3 Å². The van der Waals surface area contributed by atoms with Gasteiger partial charge in [-0.2, -0.15) is 0 Å². The molecule has 0 aliphatic heterocycles.